The molecule has 0 aliphatic rings. The molecule has 0 unspecified atom stereocenters. The van der Waals surface area contributed by atoms with Gasteiger partial charge in [0, 0.05) is 13.2 Å². The van der Waals surface area contributed by atoms with E-state index in [9.17, 15) is 0 Å². The van der Waals surface area contributed by atoms with Gasteiger partial charge in [0.15, 0.2) is 0 Å². The van der Waals surface area contributed by atoms with Gasteiger partial charge in [-0.15, -0.1) is 0 Å². The Morgan fingerprint density at radius 1 is 1.13 bits per heavy atom. The minimum absolute atomic E-state index is 0.528. The van der Waals surface area contributed by atoms with E-state index >= 15 is 0 Å². The van der Waals surface area contributed by atoms with Crippen LogP contribution in [0.3, 0.4) is 0 Å². The zero-order valence-electron chi connectivity index (χ0n) is 9.16. The van der Waals surface area contributed by atoms with Crippen LogP contribution in [0.4, 0.5) is 0 Å². The maximum Gasteiger partial charge on any atom is 0.123 e. The van der Waals surface area contributed by atoms with Crippen LogP contribution in [0.2, 0.25) is 0 Å². The van der Waals surface area contributed by atoms with Crippen LogP contribution in [0.1, 0.15) is 5.56 Å². The second kappa shape index (κ2) is 6.09. The Kier molecular flexibility index (Phi) is 4.71. The zero-order chi connectivity index (χ0) is 11.1. The highest BCUT2D eigenvalue weighted by Gasteiger charge is 2.00. The molecule has 0 aromatic heterocycles. The molecule has 0 fully saturated rings. The molecule has 82 valence electrons. The Balaban J connectivity index is 2.73. The molecular formula is C12H16O3. The van der Waals surface area contributed by atoms with Crippen molar-refractivity contribution in [3.05, 3.63) is 30.3 Å². The summed E-state index contributed by atoms with van der Waals surface area (Å²) in [5.74, 6) is 1.53. The molecule has 15 heavy (non-hydrogen) atoms. The van der Waals surface area contributed by atoms with Gasteiger partial charge in [-0.1, -0.05) is 12.7 Å². The van der Waals surface area contributed by atoms with Crippen molar-refractivity contribution < 1.29 is 14.2 Å². The van der Waals surface area contributed by atoms with Crippen LogP contribution in [0.25, 0.3) is 6.08 Å². The van der Waals surface area contributed by atoms with E-state index < -0.39 is 0 Å². The van der Waals surface area contributed by atoms with Crippen molar-refractivity contribution in [1.82, 2.24) is 0 Å². The van der Waals surface area contributed by atoms with Crippen molar-refractivity contribution in [3.8, 4) is 11.5 Å². The lowest BCUT2D eigenvalue weighted by atomic mass is 10.2. The molecule has 1 aromatic carbocycles. The van der Waals surface area contributed by atoms with Crippen LogP contribution in [0.5, 0.6) is 11.5 Å². The summed E-state index contributed by atoms with van der Waals surface area (Å²) >= 11 is 0. The summed E-state index contributed by atoms with van der Waals surface area (Å²) in [5, 5.41) is 0. The first-order valence-corrected chi connectivity index (χ1v) is 4.73. The van der Waals surface area contributed by atoms with Crippen molar-refractivity contribution in [1.29, 1.82) is 0 Å². The molecule has 3 nitrogen and oxygen atoms in total. The average molecular weight is 208 g/mol. The fourth-order valence-corrected chi connectivity index (χ4v) is 1.16. The summed E-state index contributed by atoms with van der Waals surface area (Å²) < 4.78 is 15.5. The summed E-state index contributed by atoms with van der Waals surface area (Å²) in [6.45, 7) is 4.81. The Morgan fingerprint density at radius 3 is 2.47 bits per heavy atom. The second-order valence-corrected chi connectivity index (χ2v) is 2.99. The van der Waals surface area contributed by atoms with E-state index in [2.05, 4.69) is 6.58 Å². The summed E-state index contributed by atoms with van der Waals surface area (Å²) in [7, 11) is 3.27. The summed E-state index contributed by atoms with van der Waals surface area (Å²) in [6.07, 6.45) is 1.76. The molecule has 1 rings (SSSR count). The molecule has 0 amide bonds. The van der Waals surface area contributed by atoms with Gasteiger partial charge in [-0.2, -0.15) is 0 Å². The van der Waals surface area contributed by atoms with Crippen molar-refractivity contribution in [3.63, 3.8) is 0 Å². The predicted octanol–water partition coefficient (Wildman–Crippen LogP) is 2.36. The Morgan fingerprint density at radius 2 is 1.87 bits per heavy atom. The minimum atomic E-state index is 0.528. The van der Waals surface area contributed by atoms with E-state index in [0.717, 1.165) is 17.1 Å². The molecule has 0 heterocycles. The molecule has 0 N–H and O–H groups in total. The second-order valence-electron chi connectivity index (χ2n) is 2.99. The van der Waals surface area contributed by atoms with Gasteiger partial charge in [0.25, 0.3) is 0 Å². The molecule has 0 atom stereocenters. The van der Waals surface area contributed by atoms with Gasteiger partial charge in [0.2, 0.25) is 0 Å². The number of benzene rings is 1. The molecule has 0 bridgehead atoms. The number of hydrogen-bond acceptors (Lipinski definition) is 3. The first-order valence-electron chi connectivity index (χ1n) is 4.73. The smallest absolute Gasteiger partial charge is 0.123 e. The van der Waals surface area contributed by atoms with E-state index in [-0.39, 0.29) is 0 Å². The maximum atomic E-state index is 5.48. The standard InChI is InChI=1S/C12H16O3/c1-4-10-7-11(14-3)9-12(8-10)15-6-5-13-2/h4,7-9H,1,5-6H2,2-3H3. The fraction of sp³-hybridized carbons (Fsp3) is 0.333. The highest BCUT2D eigenvalue weighted by atomic mass is 16.5. The van der Waals surface area contributed by atoms with Gasteiger partial charge >= 0.3 is 0 Å². The van der Waals surface area contributed by atoms with Crippen LogP contribution in [-0.2, 0) is 4.74 Å². The van der Waals surface area contributed by atoms with Crippen LogP contribution in [-0.4, -0.2) is 27.4 Å². The highest BCUT2D eigenvalue weighted by molar-refractivity contribution is 5.53. The van der Waals surface area contributed by atoms with E-state index in [1.165, 1.54) is 0 Å². The first-order chi connectivity index (χ1) is 7.30. The normalized spacial score (nSPS) is 9.73. The summed E-state index contributed by atoms with van der Waals surface area (Å²) in [6, 6.07) is 5.64. The molecule has 0 spiro atoms. The molecule has 0 radical (unpaired) electrons. The minimum Gasteiger partial charge on any atom is -0.497 e. The topological polar surface area (TPSA) is 27.7 Å². The van der Waals surface area contributed by atoms with Crippen LogP contribution >= 0.6 is 0 Å². The third-order valence-corrected chi connectivity index (χ3v) is 1.93. The van der Waals surface area contributed by atoms with Crippen molar-refractivity contribution in [2.45, 2.75) is 0 Å². The molecular weight excluding hydrogens is 192 g/mol. The van der Waals surface area contributed by atoms with E-state index in [1.54, 1.807) is 20.3 Å². The number of ether oxygens (including phenoxy) is 3. The SMILES string of the molecule is C=Cc1cc(OC)cc(OCCOC)c1. The molecule has 1 aromatic rings. The monoisotopic (exact) mass is 208 g/mol. The van der Waals surface area contributed by atoms with Gasteiger partial charge in [0.1, 0.15) is 18.1 Å². The average Bonchev–Trinajstić information content (AvgIpc) is 2.29. The molecule has 0 saturated carbocycles. The molecule has 3 heteroatoms. The maximum absolute atomic E-state index is 5.48. The van der Waals surface area contributed by atoms with Crippen LogP contribution in [0.15, 0.2) is 24.8 Å². The van der Waals surface area contributed by atoms with E-state index in [1.807, 2.05) is 18.2 Å². The predicted molar refractivity (Wildman–Crippen MR) is 60.5 cm³/mol. The van der Waals surface area contributed by atoms with Gasteiger partial charge in [-0.05, 0) is 17.7 Å². The lowest BCUT2D eigenvalue weighted by molar-refractivity contribution is 0.146. The zero-order valence-corrected chi connectivity index (χ0v) is 9.16. The summed E-state index contributed by atoms with van der Waals surface area (Å²) in [5.41, 5.74) is 0.974. The quantitative estimate of drug-likeness (QED) is 0.672. The fourth-order valence-electron chi connectivity index (χ4n) is 1.16. The van der Waals surface area contributed by atoms with Crippen molar-refractivity contribution >= 4 is 6.08 Å². The number of hydrogen-bond donors (Lipinski definition) is 0. The number of rotatable bonds is 6. The highest BCUT2D eigenvalue weighted by Crippen LogP contribution is 2.23. The third kappa shape index (κ3) is 3.64. The summed E-state index contributed by atoms with van der Waals surface area (Å²) in [4.78, 5) is 0. The van der Waals surface area contributed by atoms with Gasteiger partial charge in [-0.25, -0.2) is 0 Å². The number of methoxy groups -OCH3 is 2. The van der Waals surface area contributed by atoms with Crippen molar-refractivity contribution in [2.24, 2.45) is 0 Å². The lowest BCUT2D eigenvalue weighted by Gasteiger charge is -2.08. The third-order valence-electron chi connectivity index (χ3n) is 1.93. The Bertz CT molecular complexity index is 321. The lowest BCUT2D eigenvalue weighted by Crippen LogP contribution is -2.04. The van der Waals surface area contributed by atoms with E-state index in [0.29, 0.717) is 13.2 Å². The Labute approximate surface area is 90.3 Å². The van der Waals surface area contributed by atoms with Crippen LogP contribution < -0.4 is 9.47 Å². The molecule has 0 aliphatic carbocycles. The molecule has 0 saturated heterocycles. The van der Waals surface area contributed by atoms with Gasteiger partial charge in [0.05, 0.1) is 13.7 Å². The van der Waals surface area contributed by atoms with Crippen LogP contribution in [0, 0.1) is 0 Å². The van der Waals surface area contributed by atoms with Gasteiger partial charge in [-0.3, -0.25) is 0 Å². The molecule has 0 aliphatic heterocycles. The largest absolute Gasteiger partial charge is 0.497 e. The van der Waals surface area contributed by atoms with Crippen molar-refractivity contribution in [2.75, 3.05) is 27.4 Å². The Hall–Kier alpha value is -1.48. The first kappa shape index (κ1) is 11.6. The van der Waals surface area contributed by atoms with E-state index in [4.69, 9.17) is 14.2 Å². The van der Waals surface area contributed by atoms with Gasteiger partial charge < -0.3 is 14.2 Å².